The van der Waals surface area contributed by atoms with Crippen LogP contribution in [0.5, 0.6) is 0 Å². The Morgan fingerprint density at radius 3 is 2.17 bits per heavy atom. The first-order valence-corrected chi connectivity index (χ1v) is 6.34. The van der Waals surface area contributed by atoms with E-state index in [0.29, 0.717) is 12.1 Å². The molecule has 1 aromatic rings. The Kier molecular flexibility index (Phi) is 4.13. The molecule has 0 spiro atoms. The van der Waals surface area contributed by atoms with E-state index in [1.54, 1.807) is 0 Å². The summed E-state index contributed by atoms with van der Waals surface area (Å²) in [5.41, 5.74) is -0.490. The highest BCUT2D eigenvalue weighted by atomic mass is 19.2. The van der Waals surface area contributed by atoms with Gasteiger partial charge in [0.2, 0.25) is 0 Å². The number of Topliss-reactive ketones (excluding diaryl/α,β-unsaturated/α-hetero) is 1. The molecular weight excluding hydrogens is 317 g/mol. The maximum absolute atomic E-state index is 13.5. The Balaban J connectivity index is 2.74. The Morgan fingerprint density at radius 1 is 1.22 bits per heavy atom. The molecule has 0 aromatic heterocycles. The van der Waals surface area contributed by atoms with Gasteiger partial charge in [0, 0.05) is 11.3 Å². The Labute approximate surface area is 128 Å². The van der Waals surface area contributed by atoms with E-state index in [2.05, 4.69) is 5.32 Å². The van der Waals surface area contributed by atoms with Crippen molar-refractivity contribution in [2.45, 2.75) is 19.9 Å². The number of nitrogens with zero attached hydrogens (tertiary/aromatic N) is 1. The number of urea groups is 1. The fourth-order valence-electron chi connectivity index (χ4n) is 2.44. The lowest BCUT2D eigenvalue weighted by Gasteiger charge is -2.34. The van der Waals surface area contributed by atoms with Gasteiger partial charge < -0.3 is 10.4 Å². The molecule has 1 atom stereocenters. The number of ketones is 1. The van der Waals surface area contributed by atoms with Gasteiger partial charge in [0.1, 0.15) is 6.04 Å². The van der Waals surface area contributed by atoms with Gasteiger partial charge in [-0.3, -0.25) is 4.79 Å². The highest BCUT2D eigenvalue weighted by Crippen LogP contribution is 2.35. The zero-order valence-corrected chi connectivity index (χ0v) is 12.0. The third kappa shape index (κ3) is 2.77. The minimum absolute atomic E-state index is 0.0511. The number of nitrogens with one attached hydrogen (secondary N) is 1. The van der Waals surface area contributed by atoms with E-state index in [4.69, 9.17) is 0 Å². The molecule has 2 rings (SSSR count). The molecule has 0 bridgehead atoms. The van der Waals surface area contributed by atoms with Crippen LogP contribution in [0.15, 0.2) is 23.4 Å². The first-order valence-electron chi connectivity index (χ1n) is 6.34. The molecule has 1 aromatic carbocycles. The van der Waals surface area contributed by atoms with Crippen molar-refractivity contribution < 1.29 is 32.7 Å². The van der Waals surface area contributed by atoms with Crippen molar-refractivity contribution in [1.82, 2.24) is 10.2 Å². The number of halogens is 3. The number of carbonyl (C=O) groups is 3. The summed E-state index contributed by atoms with van der Waals surface area (Å²) >= 11 is 0. The fourth-order valence-corrected chi connectivity index (χ4v) is 2.44. The number of benzene rings is 1. The molecular formula is C14H11F3N2O4. The van der Waals surface area contributed by atoms with Crippen LogP contribution in [-0.2, 0) is 4.79 Å². The molecule has 2 N–H and O–H groups in total. The minimum atomic E-state index is -1.74. The minimum Gasteiger partial charge on any atom is -0.465 e. The van der Waals surface area contributed by atoms with Crippen LogP contribution < -0.4 is 5.32 Å². The maximum Gasteiger partial charge on any atom is 0.416 e. The normalized spacial score (nSPS) is 18.0. The van der Waals surface area contributed by atoms with Gasteiger partial charge >= 0.3 is 12.1 Å². The number of carbonyl (C=O) groups excluding carboxylic acids is 2. The van der Waals surface area contributed by atoms with Gasteiger partial charge in [-0.1, -0.05) is 0 Å². The molecule has 1 aliphatic heterocycles. The number of imide groups is 1. The molecule has 9 heteroatoms. The predicted molar refractivity (Wildman–Crippen MR) is 70.8 cm³/mol. The van der Waals surface area contributed by atoms with Crippen molar-refractivity contribution >= 4 is 17.9 Å². The Morgan fingerprint density at radius 2 is 1.74 bits per heavy atom. The second kappa shape index (κ2) is 5.75. The lowest BCUT2D eigenvalue weighted by Crippen LogP contribution is -2.50. The topological polar surface area (TPSA) is 86.7 Å². The molecule has 6 nitrogen and oxygen atoms in total. The van der Waals surface area contributed by atoms with Crippen LogP contribution in [0.3, 0.4) is 0 Å². The standard InChI is InChI=1S/C14H11F3N2O4/c1-5-10(6(2)20)12(19(14(22)23)13(21)18-5)7-3-8(15)11(17)9(16)4-7/h3-4,12H,1-2H3,(H,18,21)(H,22,23). The van der Waals surface area contributed by atoms with Gasteiger partial charge in [0.15, 0.2) is 23.2 Å². The average Bonchev–Trinajstić information content (AvgIpc) is 2.42. The number of carboxylic acid groups (broad SMARTS) is 1. The monoisotopic (exact) mass is 328 g/mol. The highest BCUT2D eigenvalue weighted by molar-refractivity contribution is 6.02. The van der Waals surface area contributed by atoms with Gasteiger partial charge in [-0.2, -0.15) is 0 Å². The molecule has 23 heavy (non-hydrogen) atoms. The average molecular weight is 328 g/mol. The smallest absolute Gasteiger partial charge is 0.416 e. The molecule has 1 aliphatic rings. The van der Waals surface area contributed by atoms with Crippen LogP contribution >= 0.6 is 0 Å². The van der Waals surface area contributed by atoms with Gasteiger partial charge in [-0.05, 0) is 31.5 Å². The lowest BCUT2D eigenvalue weighted by molar-refractivity contribution is -0.114. The largest absolute Gasteiger partial charge is 0.465 e. The van der Waals surface area contributed by atoms with E-state index >= 15 is 0 Å². The summed E-state index contributed by atoms with van der Waals surface area (Å²) in [6.45, 7) is 2.45. The molecule has 1 heterocycles. The van der Waals surface area contributed by atoms with Crippen LogP contribution in [0.1, 0.15) is 25.5 Å². The zero-order chi connectivity index (χ0) is 17.5. The van der Waals surface area contributed by atoms with E-state index in [9.17, 15) is 32.7 Å². The number of allylic oxidation sites excluding steroid dienone is 1. The molecule has 3 amide bonds. The van der Waals surface area contributed by atoms with Crippen molar-refractivity contribution in [3.63, 3.8) is 0 Å². The van der Waals surface area contributed by atoms with Crippen LogP contribution in [0.4, 0.5) is 22.8 Å². The zero-order valence-electron chi connectivity index (χ0n) is 12.0. The molecule has 1 unspecified atom stereocenters. The summed E-state index contributed by atoms with van der Waals surface area (Å²) in [6, 6.07) is -1.57. The van der Waals surface area contributed by atoms with Gasteiger partial charge in [0.25, 0.3) is 0 Å². The van der Waals surface area contributed by atoms with Crippen molar-refractivity contribution in [3.8, 4) is 0 Å². The molecule has 0 saturated carbocycles. The van der Waals surface area contributed by atoms with Gasteiger partial charge in [0.05, 0.1) is 0 Å². The van der Waals surface area contributed by atoms with E-state index in [-0.39, 0.29) is 21.7 Å². The molecule has 0 aliphatic carbocycles. The summed E-state index contributed by atoms with van der Waals surface area (Å²) in [6.07, 6.45) is -1.73. The molecule has 122 valence electrons. The number of hydrogen-bond acceptors (Lipinski definition) is 3. The van der Waals surface area contributed by atoms with Crippen molar-refractivity contribution in [2.75, 3.05) is 0 Å². The van der Waals surface area contributed by atoms with Crippen LogP contribution in [0.2, 0.25) is 0 Å². The van der Waals surface area contributed by atoms with E-state index < -0.39 is 41.4 Å². The highest BCUT2D eigenvalue weighted by Gasteiger charge is 2.40. The van der Waals surface area contributed by atoms with Crippen molar-refractivity contribution in [2.24, 2.45) is 0 Å². The quantitative estimate of drug-likeness (QED) is 0.817. The molecule has 0 fully saturated rings. The summed E-state index contributed by atoms with van der Waals surface area (Å²) in [4.78, 5) is 35.2. The Hall–Kier alpha value is -2.84. The van der Waals surface area contributed by atoms with E-state index in [0.717, 1.165) is 6.92 Å². The molecule has 0 saturated heterocycles. The van der Waals surface area contributed by atoms with Crippen molar-refractivity contribution in [1.29, 1.82) is 0 Å². The summed E-state index contributed by atoms with van der Waals surface area (Å²) in [5.74, 6) is -5.46. The number of hydrogen-bond donors (Lipinski definition) is 2. The fraction of sp³-hybridized carbons (Fsp3) is 0.214. The molecule has 0 radical (unpaired) electrons. The van der Waals surface area contributed by atoms with Crippen LogP contribution in [0, 0.1) is 17.5 Å². The maximum atomic E-state index is 13.5. The SMILES string of the molecule is CC(=O)C1=C(C)NC(=O)N(C(=O)O)C1c1cc(F)c(F)c(F)c1. The summed E-state index contributed by atoms with van der Waals surface area (Å²) in [7, 11) is 0. The summed E-state index contributed by atoms with van der Waals surface area (Å²) < 4.78 is 40.0. The first kappa shape index (κ1) is 16.5. The second-order valence-electron chi connectivity index (χ2n) is 4.88. The van der Waals surface area contributed by atoms with Crippen molar-refractivity contribution in [3.05, 3.63) is 46.4 Å². The summed E-state index contributed by atoms with van der Waals surface area (Å²) in [5, 5.41) is 11.4. The predicted octanol–water partition coefficient (Wildman–Crippen LogP) is 2.71. The Bertz CT molecular complexity index is 737. The number of rotatable bonds is 2. The second-order valence-corrected chi connectivity index (χ2v) is 4.88. The van der Waals surface area contributed by atoms with Gasteiger partial charge in [-0.15, -0.1) is 0 Å². The first-order chi connectivity index (χ1) is 10.6. The van der Waals surface area contributed by atoms with Crippen LogP contribution in [0.25, 0.3) is 0 Å². The number of amides is 3. The third-order valence-electron chi connectivity index (χ3n) is 3.36. The van der Waals surface area contributed by atoms with Gasteiger partial charge in [-0.25, -0.2) is 27.7 Å². The van der Waals surface area contributed by atoms with E-state index in [1.807, 2.05) is 0 Å². The third-order valence-corrected chi connectivity index (χ3v) is 3.36. The van der Waals surface area contributed by atoms with E-state index in [1.165, 1.54) is 6.92 Å². The van der Waals surface area contributed by atoms with Crippen LogP contribution in [-0.4, -0.2) is 27.9 Å². The lowest BCUT2D eigenvalue weighted by atomic mass is 9.91.